The molecule has 132 valence electrons. The van der Waals surface area contributed by atoms with Crippen LogP contribution < -0.4 is 20.7 Å². The monoisotopic (exact) mass is 333 g/mol. The Hall–Kier alpha value is -2.08. The highest BCUT2D eigenvalue weighted by Gasteiger charge is 2.33. The van der Waals surface area contributed by atoms with Gasteiger partial charge >= 0.3 is 0 Å². The minimum Gasteiger partial charge on any atom is -0.495 e. The highest BCUT2D eigenvalue weighted by Crippen LogP contribution is 2.35. The summed E-state index contributed by atoms with van der Waals surface area (Å²) >= 11 is 0. The molecule has 2 amide bonds. The van der Waals surface area contributed by atoms with E-state index in [1.807, 2.05) is 13.8 Å². The molecule has 1 aromatic carbocycles. The van der Waals surface area contributed by atoms with Gasteiger partial charge in [0.05, 0.1) is 18.2 Å². The second-order valence-corrected chi connectivity index (χ2v) is 6.18. The van der Waals surface area contributed by atoms with Gasteiger partial charge in [-0.2, -0.15) is 0 Å². The van der Waals surface area contributed by atoms with Gasteiger partial charge in [0.1, 0.15) is 5.75 Å². The molecule has 1 aromatic rings. The van der Waals surface area contributed by atoms with Crippen LogP contribution in [0.3, 0.4) is 0 Å². The van der Waals surface area contributed by atoms with E-state index in [-0.39, 0.29) is 11.8 Å². The molecule has 0 unspecified atom stereocenters. The lowest BCUT2D eigenvalue weighted by Gasteiger charge is -2.29. The van der Waals surface area contributed by atoms with Gasteiger partial charge in [-0.15, -0.1) is 0 Å². The third-order valence-electron chi connectivity index (χ3n) is 5.03. The van der Waals surface area contributed by atoms with Crippen LogP contribution in [-0.4, -0.2) is 32.0 Å². The van der Waals surface area contributed by atoms with Crippen molar-refractivity contribution in [1.82, 2.24) is 0 Å². The summed E-state index contributed by atoms with van der Waals surface area (Å²) in [6.45, 7) is 4.92. The average molecular weight is 333 g/mol. The molecule has 6 heteroatoms. The summed E-state index contributed by atoms with van der Waals surface area (Å²) in [5.74, 6) is 0.619. The second-order valence-electron chi connectivity index (χ2n) is 6.18. The predicted octanol–water partition coefficient (Wildman–Crippen LogP) is 2.53. The standard InChI is InChI=1S/C18H27N3O3/c1-4-18(5-2,12-19)17(23)20-13-8-9-15(24-3)14(11-13)21-10-6-7-16(21)22/h8-9,11H,4-7,10,12,19H2,1-3H3,(H,20,23). The van der Waals surface area contributed by atoms with Crippen molar-refractivity contribution in [3.8, 4) is 5.75 Å². The third-order valence-corrected chi connectivity index (χ3v) is 5.03. The van der Waals surface area contributed by atoms with Gasteiger partial charge in [-0.25, -0.2) is 0 Å². The lowest BCUT2D eigenvalue weighted by Crippen LogP contribution is -2.41. The Morgan fingerprint density at radius 3 is 2.58 bits per heavy atom. The van der Waals surface area contributed by atoms with Gasteiger partial charge in [0.15, 0.2) is 0 Å². The van der Waals surface area contributed by atoms with Crippen molar-refractivity contribution in [2.75, 3.05) is 30.4 Å². The van der Waals surface area contributed by atoms with Crippen molar-refractivity contribution in [2.45, 2.75) is 39.5 Å². The molecule has 1 aliphatic rings. The van der Waals surface area contributed by atoms with Gasteiger partial charge in [0.2, 0.25) is 11.8 Å². The van der Waals surface area contributed by atoms with Crippen molar-refractivity contribution in [3.05, 3.63) is 18.2 Å². The largest absolute Gasteiger partial charge is 0.495 e. The molecule has 0 atom stereocenters. The fourth-order valence-electron chi connectivity index (χ4n) is 3.10. The quantitative estimate of drug-likeness (QED) is 0.803. The minimum atomic E-state index is -0.566. The molecule has 1 fully saturated rings. The van der Waals surface area contributed by atoms with E-state index < -0.39 is 5.41 Å². The van der Waals surface area contributed by atoms with Crippen LogP contribution in [0.15, 0.2) is 18.2 Å². The van der Waals surface area contributed by atoms with Gasteiger partial charge in [0, 0.05) is 25.2 Å². The van der Waals surface area contributed by atoms with E-state index in [0.29, 0.717) is 49.5 Å². The van der Waals surface area contributed by atoms with Gasteiger partial charge in [-0.3, -0.25) is 9.59 Å². The molecular weight excluding hydrogens is 306 g/mol. The number of benzene rings is 1. The van der Waals surface area contributed by atoms with Crippen LogP contribution >= 0.6 is 0 Å². The highest BCUT2D eigenvalue weighted by atomic mass is 16.5. The average Bonchev–Trinajstić information content (AvgIpc) is 3.03. The number of methoxy groups -OCH3 is 1. The molecule has 0 aromatic heterocycles. The Morgan fingerprint density at radius 2 is 2.08 bits per heavy atom. The SMILES string of the molecule is CCC(CC)(CN)C(=O)Nc1ccc(OC)c(N2CCCC2=O)c1. The summed E-state index contributed by atoms with van der Waals surface area (Å²) in [6.07, 6.45) is 2.74. The summed E-state index contributed by atoms with van der Waals surface area (Å²) in [5, 5.41) is 2.95. The number of nitrogens with zero attached hydrogens (tertiary/aromatic N) is 1. The fourth-order valence-corrected chi connectivity index (χ4v) is 3.10. The zero-order valence-corrected chi connectivity index (χ0v) is 14.7. The van der Waals surface area contributed by atoms with Crippen molar-refractivity contribution in [1.29, 1.82) is 0 Å². The Bertz CT molecular complexity index is 603. The molecule has 24 heavy (non-hydrogen) atoms. The maximum atomic E-state index is 12.7. The van der Waals surface area contributed by atoms with Crippen molar-refractivity contribution in [3.63, 3.8) is 0 Å². The first kappa shape index (κ1) is 18.3. The summed E-state index contributed by atoms with van der Waals surface area (Å²) in [7, 11) is 1.57. The number of ether oxygens (including phenoxy) is 1. The predicted molar refractivity (Wildman–Crippen MR) is 95.3 cm³/mol. The topological polar surface area (TPSA) is 84.7 Å². The first-order valence-electron chi connectivity index (χ1n) is 8.51. The van der Waals surface area contributed by atoms with Gasteiger partial charge in [0.25, 0.3) is 0 Å². The molecule has 0 spiro atoms. The van der Waals surface area contributed by atoms with Crippen LogP contribution in [0.2, 0.25) is 0 Å². The lowest BCUT2D eigenvalue weighted by atomic mass is 9.81. The van der Waals surface area contributed by atoms with Crippen LogP contribution in [0.5, 0.6) is 5.75 Å². The maximum absolute atomic E-state index is 12.7. The number of nitrogens with two attached hydrogens (primary N) is 1. The molecule has 0 aliphatic carbocycles. The Balaban J connectivity index is 2.29. The lowest BCUT2D eigenvalue weighted by molar-refractivity contribution is -0.125. The van der Waals surface area contributed by atoms with Crippen LogP contribution in [0, 0.1) is 5.41 Å². The number of anilines is 2. The zero-order chi connectivity index (χ0) is 17.7. The molecule has 0 bridgehead atoms. The number of nitrogens with one attached hydrogen (secondary N) is 1. The minimum absolute atomic E-state index is 0.0789. The van der Waals surface area contributed by atoms with Gasteiger partial charge in [-0.1, -0.05) is 13.8 Å². The number of rotatable bonds is 7. The number of carbonyl (C=O) groups is 2. The number of hydrogen-bond donors (Lipinski definition) is 2. The van der Waals surface area contributed by atoms with Crippen LogP contribution in [0.4, 0.5) is 11.4 Å². The Kier molecular flexibility index (Phi) is 5.83. The molecule has 3 N–H and O–H groups in total. The first-order valence-corrected chi connectivity index (χ1v) is 8.51. The molecule has 0 radical (unpaired) electrons. The molecule has 1 aliphatic heterocycles. The summed E-state index contributed by atoms with van der Waals surface area (Å²) < 4.78 is 5.37. The van der Waals surface area contributed by atoms with E-state index in [9.17, 15) is 9.59 Å². The summed E-state index contributed by atoms with van der Waals surface area (Å²) in [6, 6.07) is 5.36. The van der Waals surface area contributed by atoms with Crippen molar-refractivity contribution < 1.29 is 14.3 Å². The van der Waals surface area contributed by atoms with E-state index in [1.165, 1.54) is 0 Å². The molecule has 1 heterocycles. The number of amides is 2. The van der Waals surface area contributed by atoms with E-state index in [2.05, 4.69) is 5.32 Å². The van der Waals surface area contributed by atoms with Crippen LogP contribution in [0.1, 0.15) is 39.5 Å². The smallest absolute Gasteiger partial charge is 0.231 e. The van der Waals surface area contributed by atoms with Crippen LogP contribution in [-0.2, 0) is 9.59 Å². The third kappa shape index (κ3) is 3.38. The normalized spacial score (nSPS) is 14.8. The molecule has 6 nitrogen and oxygen atoms in total. The molecular formula is C18H27N3O3. The van der Waals surface area contributed by atoms with E-state index in [1.54, 1.807) is 30.2 Å². The van der Waals surface area contributed by atoms with E-state index in [0.717, 1.165) is 6.42 Å². The first-order chi connectivity index (χ1) is 11.5. The fraction of sp³-hybridized carbons (Fsp3) is 0.556. The summed E-state index contributed by atoms with van der Waals surface area (Å²) in [4.78, 5) is 26.4. The Labute approximate surface area is 143 Å². The second kappa shape index (κ2) is 7.66. The van der Waals surface area contributed by atoms with Crippen molar-refractivity contribution in [2.24, 2.45) is 11.1 Å². The summed E-state index contributed by atoms with van der Waals surface area (Å²) in [5.41, 5.74) is 6.62. The van der Waals surface area contributed by atoms with E-state index >= 15 is 0 Å². The van der Waals surface area contributed by atoms with Gasteiger partial charge in [-0.05, 0) is 37.5 Å². The van der Waals surface area contributed by atoms with Crippen molar-refractivity contribution >= 4 is 23.2 Å². The van der Waals surface area contributed by atoms with Crippen LogP contribution in [0.25, 0.3) is 0 Å². The maximum Gasteiger partial charge on any atom is 0.231 e. The molecule has 1 saturated heterocycles. The van der Waals surface area contributed by atoms with Gasteiger partial charge < -0.3 is 20.7 Å². The number of hydrogen-bond acceptors (Lipinski definition) is 4. The molecule has 2 rings (SSSR count). The Morgan fingerprint density at radius 1 is 1.38 bits per heavy atom. The zero-order valence-electron chi connectivity index (χ0n) is 14.7. The van der Waals surface area contributed by atoms with E-state index in [4.69, 9.17) is 10.5 Å². The highest BCUT2D eigenvalue weighted by molar-refractivity contribution is 5.99. The number of carbonyl (C=O) groups excluding carboxylic acids is 2. The molecule has 0 saturated carbocycles.